The Balaban J connectivity index is 2.13. The van der Waals surface area contributed by atoms with Crippen LogP contribution in [0.25, 0.3) is 16.9 Å². The molecule has 3 aromatic rings. The molecule has 0 fully saturated rings. The molecular weight excluding hydrogens is 269 g/mol. The molecule has 0 aliphatic rings. The maximum Gasteiger partial charge on any atom is 0.153 e. The van der Waals surface area contributed by atoms with E-state index in [0.29, 0.717) is 16.9 Å². The van der Waals surface area contributed by atoms with Gasteiger partial charge in [-0.1, -0.05) is 6.07 Å². The third kappa shape index (κ3) is 2.58. The van der Waals surface area contributed by atoms with E-state index in [2.05, 4.69) is 10.1 Å². The largest absolute Gasteiger partial charge is 0.298 e. The van der Waals surface area contributed by atoms with Crippen LogP contribution in [0.15, 0.2) is 48.9 Å². The van der Waals surface area contributed by atoms with E-state index in [1.54, 1.807) is 30.7 Å². The fourth-order valence-corrected chi connectivity index (χ4v) is 2.13. The van der Waals surface area contributed by atoms with Crippen molar-refractivity contribution in [1.29, 1.82) is 0 Å². The molecule has 104 valence electrons. The predicted molar refractivity (Wildman–Crippen MR) is 76.9 cm³/mol. The number of hydrogen-bond acceptors (Lipinski definition) is 3. The monoisotopic (exact) mass is 281 g/mol. The summed E-state index contributed by atoms with van der Waals surface area (Å²) in [4.78, 5) is 15.4. The maximum atomic E-state index is 13.3. The van der Waals surface area contributed by atoms with Crippen LogP contribution in [-0.4, -0.2) is 21.1 Å². The summed E-state index contributed by atoms with van der Waals surface area (Å²) in [5, 5.41) is 4.38. The molecular formula is C16H12FN3O. The molecule has 4 nitrogen and oxygen atoms in total. The smallest absolute Gasteiger partial charge is 0.153 e. The second-order valence-corrected chi connectivity index (χ2v) is 4.73. The highest BCUT2D eigenvalue weighted by atomic mass is 19.1. The van der Waals surface area contributed by atoms with Crippen LogP contribution in [0.5, 0.6) is 0 Å². The zero-order chi connectivity index (χ0) is 14.8. The molecule has 0 spiro atoms. The highest BCUT2D eigenvalue weighted by molar-refractivity contribution is 5.85. The molecule has 0 atom stereocenters. The lowest BCUT2D eigenvalue weighted by molar-refractivity contribution is 0.112. The van der Waals surface area contributed by atoms with E-state index < -0.39 is 0 Å². The lowest BCUT2D eigenvalue weighted by Gasteiger charge is -2.01. The normalized spacial score (nSPS) is 10.6. The van der Waals surface area contributed by atoms with Crippen LogP contribution in [-0.2, 0) is 0 Å². The summed E-state index contributed by atoms with van der Waals surface area (Å²) in [5.74, 6) is -0.352. The molecule has 0 saturated heterocycles. The quantitative estimate of drug-likeness (QED) is 0.693. The average Bonchev–Trinajstić information content (AvgIpc) is 2.91. The van der Waals surface area contributed by atoms with Crippen LogP contribution in [0.3, 0.4) is 0 Å². The second-order valence-electron chi connectivity index (χ2n) is 4.73. The van der Waals surface area contributed by atoms with Crippen molar-refractivity contribution in [3.63, 3.8) is 0 Å². The summed E-state index contributed by atoms with van der Waals surface area (Å²) in [6.07, 6.45) is 5.70. The van der Waals surface area contributed by atoms with Crippen molar-refractivity contribution in [1.82, 2.24) is 14.8 Å². The van der Waals surface area contributed by atoms with Crippen molar-refractivity contribution in [2.45, 2.75) is 6.92 Å². The van der Waals surface area contributed by atoms with Crippen LogP contribution < -0.4 is 0 Å². The minimum atomic E-state index is -0.352. The van der Waals surface area contributed by atoms with Gasteiger partial charge in [0.1, 0.15) is 11.5 Å². The van der Waals surface area contributed by atoms with E-state index in [1.165, 1.54) is 16.8 Å². The molecule has 0 unspecified atom stereocenters. The number of carbonyl (C=O) groups is 1. The lowest BCUT2D eigenvalue weighted by Crippen LogP contribution is -1.95. The zero-order valence-electron chi connectivity index (χ0n) is 11.3. The van der Waals surface area contributed by atoms with Crippen molar-refractivity contribution >= 4 is 6.29 Å². The fourth-order valence-electron chi connectivity index (χ4n) is 2.13. The Bertz CT molecular complexity index is 811. The maximum absolute atomic E-state index is 13.3. The van der Waals surface area contributed by atoms with Gasteiger partial charge in [0.25, 0.3) is 0 Å². The van der Waals surface area contributed by atoms with Gasteiger partial charge in [-0.25, -0.2) is 9.07 Å². The van der Waals surface area contributed by atoms with E-state index in [1.807, 2.05) is 13.0 Å². The SMILES string of the molecule is Cc1cncc(-c2nn(-c3cccc(F)c3)cc2C=O)c1. The van der Waals surface area contributed by atoms with Gasteiger partial charge < -0.3 is 0 Å². The van der Waals surface area contributed by atoms with Gasteiger partial charge >= 0.3 is 0 Å². The number of aryl methyl sites for hydroxylation is 1. The predicted octanol–water partition coefficient (Wildman–Crippen LogP) is 3.19. The topological polar surface area (TPSA) is 47.8 Å². The second kappa shape index (κ2) is 5.28. The van der Waals surface area contributed by atoms with Crippen molar-refractivity contribution in [2.75, 3.05) is 0 Å². The number of benzene rings is 1. The standard InChI is InChI=1S/C16H12FN3O/c1-11-5-12(8-18-7-11)16-13(10-21)9-20(19-16)15-4-2-3-14(17)6-15/h2-10H,1H3. The van der Waals surface area contributed by atoms with Gasteiger partial charge in [-0.3, -0.25) is 9.78 Å². The van der Waals surface area contributed by atoms with Crippen molar-refractivity contribution < 1.29 is 9.18 Å². The minimum absolute atomic E-state index is 0.352. The van der Waals surface area contributed by atoms with Crippen LogP contribution in [0.1, 0.15) is 15.9 Å². The Morgan fingerprint density at radius 3 is 2.81 bits per heavy atom. The summed E-state index contributed by atoms with van der Waals surface area (Å²) in [7, 11) is 0. The number of hydrogen-bond donors (Lipinski definition) is 0. The van der Waals surface area contributed by atoms with Crippen molar-refractivity contribution in [2.24, 2.45) is 0 Å². The average molecular weight is 281 g/mol. The van der Waals surface area contributed by atoms with E-state index in [4.69, 9.17) is 0 Å². The summed E-state index contributed by atoms with van der Waals surface area (Å²) in [5.41, 5.74) is 3.26. The highest BCUT2D eigenvalue weighted by Crippen LogP contribution is 2.22. The molecule has 0 saturated carbocycles. The summed E-state index contributed by atoms with van der Waals surface area (Å²) >= 11 is 0. The molecule has 2 aromatic heterocycles. The first-order valence-corrected chi connectivity index (χ1v) is 6.40. The first-order valence-electron chi connectivity index (χ1n) is 6.40. The van der Waals surface area contributed by atoms with Crippen LogP contribution in [0.4, 0.5) is 4.39 Å². The number of aromatic nitrogens is 3. The molecule has 0 radical (unpaired) electrons. The summed E-state index contributed by atoms with van der Waals surface area (Å²) in [6, 6.07) is 7.95. The Morgan fingerprint density at radius 1 is 1.24 bits per heavy atom. The molecule has 2 heterocycles. The van der Waals surface area contributed by atoms with Gasteiger partial charge in [-0.05, 0) is 36.8 Å². The van der Waals surface area contributed by atoms with Gasteiger partial charge in [0.2, 0.25) is 0 Å². The number of halogens is 1. The first kappa shape index (κ1) is 13.2. The van der Waals surface area contributed by atoms with E-state index in [9.17, 15) is 9.18 Å². The number of pyridine rings is 1. The van der Waals surface area contributed by atoms with Crippen LogP contribution >= 0.6 is 0 Å². The molecule has 0 amide bonds. The molecule has 0 bridgehead atoms. The van der Waals surface area contributed by atoms with Crippen molar-refractivity contribution in [3.05, 3.63) is 65.9 Å². The Hall–Kier alpha value is -2.82. The van der Waals surface area contributed by atoms with Crippen LogP contribution in [0.2, 0.25) is 0 Å². The van der Waals surface area contributed by atoms with Crippen molar-refractivity contribution in [3.8, 4) is 16.9 Å². The number of nitrogens with zero attached hydrogens (tertiary/aromatic N) is 3. The summed E-state index contributed by atoms with van der Waals surface area (Å²) < 4.78 is 14.8. The van der Waals surface area contributed by atoms with Gasteiger partial charge in [0.15, 0.2) is 6.29 Å². The molecule has 0 aliphatic heterocycles. The molecule has 3 rings (SSSR count). The highest BCUT2D eigenvalue weighted by Gasteiger charge is 2.12. The number of carbonyl (C=O) groups excluding carboxylic acids is 1. The van der Waals surface area contributed by atoms with Gasteiger partial charge in [-0.2, -0.15) is 5.10 Å². The summed E-state index contributed by atoms with van der Waals surface area (Å²) in [6.45, 7) is 1.92. The zero-order valence-corrected chi connectivity index (χ0v) is 11.3. The molecule has 0 N–H and O–H groups in total. The molecule has 21 heavy (non-hydrogen) atoms. The molecule has 0 aliphatic carbocycles. The van der Waals surface area contributed by atoms with E-state index in [0.717, 1.165) is 17.4 Å². The molecule has 1 aromatic carbocycles. The lowest BCUT2D eigenvalue weighted by atomic mass is 10.1. The Morgan fingerprint density at radius 2 is 2.10 bits per heavy atom. The Labute approximate surface area is 120 Å². The van der Waals surface area contributed by atoms with Crippen LogP contribution in [0, 0.1) is 12.7 Å². The van der Waals surface area contributed by atoms with Gasteiger partial charge in [0.05, 0.1) is 11.3 Å². The van der Waals surface area contributed by atoms with Gasteiger partial charge in [0, 0.05) is 24.2 Å². The molecule has 5 heteroatoms. The van der Waals surface area contributed by atoms with Gasteiger partial charge in [-0.15, -0.1) is 0 Å². The number of aldehydes is 1. The number of rotatable bonds is 3. The third-order valence-corrected chi connectivity index (χ3v) is 3.09. The Kier molecular flexibility index (Phi) is 3.31. The van der Waals surface area contributed by atoms with E-state index >= 15 is 0 Å². The minimum Gasteiger partial charge on any atom is -0.298 e. The van der Waals surface area contributed by atoms with E-state index in [-0.39, 0.29) is 5.82 Å². The third-order valence-electron chi connectivity index (χ3n) is 3.09. The first-order chi connectivity index (χ1) is 10.2. The fraction of sp³-hybridized carbons (Fsp3) is 0.0625.